The van der Waals surface area contributed by atoms with E-state index in [1.54, 1.807) is 0 Å². The fraction of sp³-hybridized carbons (Fsp3) is 0.600. The number of ether oxygens (including phenoxy) is 2. The summed E-state index contributed by atoms with van der Waals surface area (Å²) in [4.78, 5) is 0. The molecule has 0 aromatic heterocycles. The number of benzene rings is 1. The first kappa shape index (κ1) is 15.7. The Hall–Kier alpha value is -0.723. The van der Waals surface area contributed by atoms with Crippen LogP contribution in [0.2, 0.25) is 0 Å². The van der Waals surface area contributed by atoms with E-state index in [0.29, 0.717) is 12.5 Å². The summed E-state index contributed by atoms with van der Waals surface area (Å²) in [5.41, 5.74) is 0.826. The highest BCUT2D eigenvalue weighted by molar-refractivity contribution is 6.13. The lowest BCUT2D eigenvalue weighted by molar-refractivity contribution is -0.220. The smallest absolute Gasteiger partial charge is 0.141 e. The second-order valence-electron chi connectivity index (χ2n) is 5.68. The molecule has 0 spiro atoms. The fourth-order valence-corrected chi connectivity index (χ4v) is 3.62. The highest BCUT2D eigenvalue weighted by Gasteiger charge is 2.34. The summed E-state index contributed by atoms with van der Waals surface area (Å²) in [6.07, 6.45) is 2.14. The highest BCUT2D eigenvalue weighted by atomic mass is 28.1. The van der Waals surface area contributed by atoms with Gasteiger partial charge in [-0.3, -0.25) is 0 Å². The Morgan fingerprint density at radius 1 is 1.40 bits per heavy atom. The van der Waals surface area contributed by atoms with Gasteiger partial charge in [0.2, 0.25) is 0 Å². The number of aliphatic hydroxyl groups excluding tert-OH is 2. The van der Waals surface area contributed by atoms with Gasteiger partial charge in [0.1, 0.15) is 11.5 Å². The van der Waals surface area contributed by atoms with Gasteiger partial charge in [0.25, 0.3) is 0 Å². The van der Waals surface area contributed by atoms with Crippen molar-refractivity contribution in [1.82, 2.24) is 0 Å². The maximum atomic E-state index is 9.39. The van der Waals surface area contributed by atoms with Crippen molar-refractivity contribution in [2.45, 2.75) is 30.8 Å². The lowest BCUT2D eigenvalue weighted by atomic mass is 9.91. The van der Waals surface area contributed by atoms with Crippen molar-refractivity contribution in [2.75, 3.05) is 19.8 Å². The molecule has 112 valence electrons. The van der Waals surface area contributed by atoms with Gasteiger partial charge >= 0.3 is 0 Å². The van der Waals surface area contributed by atoms with E-state index in [1.807, 2.05) is 6.07 Å². The van der Waals surface area contributed by atoms with Crippen LogP contribution in [-0.2, 0) is 15.9 Å². The molecule has 5 heteroatoms. The van der Waals surface area contributed by atoms with Crippen molar-refractivity contribution < 1.29 is 19.7 Å². The maximum absolute atomic E-state index is 9.39. The molecular formula is C15H24O4Si. The molecule has 1 heterocycles. The molecule has 4 nitrogen and oxygen atoms in total. The number of rotatable bonds is 6. The SMILES string of the molecule is OCC(O)COC1([SiH3])CC(Cc2ccccc2)CCO1. The predicted octanol–water partition coefficient (Wildman–Crippen LogP) is 0.0447. The number of hydrogen-bond donors (Lipinski definition) is 2. The molecule has 1 aliphatic heterocycles. The van der Waals surface area contributed by atoms with Gasteiger partial charge in [-0.15, -0.1) is 0 Å². The third-order valence-electron chi connectivity index (χ3n) is 3.75. The summed E-state index contributed by atoms with van der Waals surface area (Å²) in [5.74, 6) is 0.551. The van der Waals surface area contributed by atoms with E-state index >= 15 is 0 Å². The first-order valence-electron chi connectivity index (χ1n) is 7.22. The summed E-state index contributed by atoms with van der Waals surface area (Å²) in [5, 5.41) is 18.2. The van der Waals surface area contributed by atoms with Crippen LogP contribution in [0.4, 0.5) is 0 Å². The second-order valence-corrected chi connectivity index (χ2v) is 7.20. The van der Waals surface area contributed by atoms with Crippen LogP contribution < -0.4 is 0 Å². The van der Waals surface area contributed by atoms with E-state index in [0.717, 1.165) is 29.5 Å². The Balaban J connectivity index is 1.87. The molecule has 0 saturated carbocycles. The first-order valence-corrected chi connectivity index (χ1v) is 8.22. The van der Waals surface area contributed by atoms with Crippen LogP contribution in [0.25, 0.3) is 0 Å². The maximum Gasteiger partial charge on any atom is 0.141 e. The molecule has 1 saturated heterocycles. The zero-order valence-electron chi connectivity index (χ0n) is 12.0. The van der Waals surface area contributed by atoms with E-state index in [2.05, 4.69) is 24.3 Å². The molecule has 1 aromatic rings. The molecule has 0 amide bonds. The Morgan fingerprint density at radius 3 is 2.85 bits per heavy atom. The molecule has 1 aromatic carbocycles. The van der Waals surface area contributed by atoms with Gasteiger partial charge in [-0.25, -0.2) is 0 Å². The molecule has 0 aliphatic carbocycles. The standard InChI is InChI=1S/C15H24O4Si/c16-10-14(17)11-19-15(20)9-13(6-7-18-15)8-12-4-2-1-3-5-12/h1-5,13-14,16-17H,6-11H2,20H3. The van der Waals surface area contributed by atoms with E-state index in [-0.39, 0.29) is 13.2 Å². The summed E-state index contributed by atoms with van der Waals surface area (Å²) in [6, 6.07) is 10.5. The third-order valence-corrected chi connectivity index (χ3v) is 4.74. The monoisotopic (exact) mass is 296 g/mol. The lowest BCUT2D eigenvalue weighted by Gasteiger charge is -2.39. The minimum Gasteiger partial charge on any atom is -0.394 e. The minimum absolute atomic E-state index is 0.137. The van der Waals surface area contributed by atoms with Crippen LogP contribution in [0.15, 0.2) is 30.3 Å². The molecule has 1 fully saturated rings. The zero-order valence-corrected chi connectivity index (χ0v) is 14.0. The Bertz CT molecular complexity index is 400. The second kappa shape index (κ2) is 7.33. The first-order chi connectivity index (χ1) is 9.61. The molecule has 2 N–H and O–H groups in total. The van der Waals surface area contributed by atoms with Crippen molar-refractivity contribution >= 4 is 10.2 Å². The van der Waals surface area contributed by atoms with Crippen LogP contribution in [0, 0.1) is 5.92 Å². The van der Waals surface area contributed by atoms with Gasteiger partial charge in [0.05, 0.1) is 23.5 Å². The quantitative estimate of drug-likeness (QED) is 0.728. The number of aliphatic hydroxyl groups is 2. The summed E-state index contributed by atoms with van der Waals surface area (Å²) in [6.45, 7) is 0.569. The average molecular weight is 296 g/mol. The normalized spacial score (nSPS) is 28.4. The van der Waals surface area contributed by atoms with E-state index in [4.69, 9.17) is 14.6 Å². The van der Waals surface area contributed by atoms with Crippen molar-refractivity contribution in [3.05, 3.63) is 35.9 Å². The Kier molecular flexibility index (Phi) is 5.74. The van der Waals surface area contributed by atoms with E-state index in [1.165, 1.54) is 5.56 Å². The van der Waals surface area contributed by atoms with Gasteiger partial charge in [-0.1, -0.05) is 30.3 Å². The molecule has 2 rings (SSSR count). The Labute approximate surface area is 123 Å². The van der Waals surface area contributed by atoms with Crippen molar-refractivity contribution in [2.24, 2.45) is 5.92 Å². The lowest BCUT2D eigenvalue weighted by Crippen LogP contribution is -2.45. The minimum atomic E-state index is -0.820. The largest absolute Gasteiger partial charge is 0.394 e. The van der Waals surface area contributed by atoms with Gasteiger partial charge < -0.3 is 19.7 Å². The van der Waals surface area contributed by atoms with Gasteiger partial charge in [0.15, 0.2) is 0 Å². The summed E-state index contributed by atoms with van der Waals surface area (Å²) >= 11 is 0. The molecule has 0 bridgehead atoms. The molecule has 3 unspecified atom stereocenters. The topological polar surface area (TPSA) is 58.9 Å². The van der Waals surface area contributed by atoms with Crippen LogP contribution in [-0.4, -0.2) is 51.8 Å². The van der Waals surface area contributed by atoms with E-state index < -0.39 is 11.5 Å². The predicted molar refractivity (Wildman–Crippen MR) is 80.5 cm³/mol. The van der Waals surface area contributed by atoms with Crippen molar-refractivity contribution in [3.63, 3.8) is 0 Å². The summed E-state index contributed by atoms with van der Waals surface area (Å²) in [7, 11) is 0.756. The zero-order chi connectivity index (χ0) is 14.4. The van der Waals surface area contributed by atoms with Gasteiger partial charge in [-0.2, -0.15) is 0 Å². The molecular weight excluding hydrogens is 272 g/mol. The van der Waals surface area contributed by atoms with Crippen LogP contribution >= 0.6 is 0 Å². The fourth-order valence-electron chi connectivity index (χ4n) is 2.67. The molecule has 20 heavy (non-hydrogen) atoms. The highest BCUT2D eigenvalue weighted by Crippen LogP contribution is 2.30. The van der Waals surface area contributed by atoms with Gasteiger partial charge in [-0.05, 0) is 30.7 Å². The molecule has 3 atom stereocenters. The number of hydrogen-bond acceptors (Lipinski definition) is 4. The van der Waals surface area contributed by atoms with Crippen molar-refractivity contribution in [3.8, 4) is 0 Å². The van der Waals surface area contributed by atoms with Gasteiger partial charge in [0, 0.05) is 6.61 Å². The van der Waals surface area contributed by atoms with Crippen LogP contribution in [0.5, 0.6) is 0 Å². The Morgan fingerprint density at radius 2 is 2.15 bits per heavy atom. The van der Waals surface area contributed by atoms with Crippen molar-refractivity contribution in [1.29, 1.82) is 0 Å². The van der Waals surface area contributed by atoms with Crippen LogP contribution in [0.3, 0.4) is 0 Å². The molecule has 0 radical (unpaired) electrons. The molecule has 1 aliphatic rings. The van der Waals surface area contributed by atoms with E-state index in [9.17, 15) is 5.11 Å². The summed E-state index contributed by atoms with van der Waals surface area (Å²) < 4.78 is 11.5. The average Bonchev–Trinajstić information content (AvgIpc) is 2.46. The third kappa shape index (κ3) is 4.68. The van der Waals surface area contributed by atoms with Crippen LogP contribution in [0.1, 0.15) is 18.4 Å².